The van der Waals surface area contributed by atoms with Crippen LogP contribution in [-0.2, 0) is 22.5 Å². The first-order chi connectivity index (χ1) is 8.24. The third-order valence-electron chi connectivity index (χ3n) is 3.44. The quantitative estimate of drug-likeness (QED) is 0.659. The van der Waals surface area contributed by atoms with Crippen molar-refractivity contribution < 1.29 is 9.53 Å². The van der Waals surface area contributed by atoms with Crippen LogP contribution in [0.1, 0.15) is 23.5 Å². The van der Waals surface area contributed by atoms with E-state index in [9.17, 15) is 4.79 Å². The molecule has 5 nitrogen and oxygen atoms in total. The van der Waals surface area contributed by atoms with Crippen molar-refractivity contribution in [1.29, 1.82) is 0 Å². The molecule has 2 aliphatic rings. The minimum atomic E-state index is -0.0840. The van der Waals surface area contributed by atoms with Crippen LogP contribution in [0.3, 0.4) is 0 Å². The van der Waals surface area contributed by atoms with Crippen molar-refractivity contribution in [2.24, 2.45) is 0 Å². The van der Waals surface area contributed by atoms with Crippen LogP contribution >= 0.6 is 0 Å². The number of fused-ring (bicyclic) bond motifs is 1. The van der Waals surface area contributed by atoms with Gasteiger partial charge in [0.2, 0.25) is 0 Å². The van der Waals surface area contributed by atoms with Gasteiger partial charge < -0.3 is 4.74 Å². The van der Waals surface area contributed by atoms with Gasteiger partial charge in [-0.25, -0.2) is 9.97 Å². The minimum Gasteiger partial charge on any atom is -0.464 e. The van der Waals surface area contributed by atoms with Crippen LogP contribution in [0.15, 0.2) is 6.20 Å². The van der Waals surface area contributed by atoms with Crippen LogP contribution in [0.4, 0.5) is 0 Å². The number of esters is 1. The summed E-state index contributed by atoms with van der Waals surface area (Å²) in [5, 5.41) is 0. The van der Waals surface area contributed by atoms with Crippen LogP contribution < -0.4 is 0 Å². The standard InChI is InChI=1S/C12H15N3O2/c1-8-13-6-9-2-4-15(7-10(9)14-8)11-3-5-17-12(11)16/h6,11H,2-5,7H2,1H3. The molecule has 0 aromatic carbocycles. The first kappa shape index (κ1) is 10.7. The van der Waals surface area contributed by atoms with E-state index in [-0.39, 0.29) is 12.0 Å². The van der Waals surface area contributed by atoms with Gasteiger partial charge in [0.15, 0.2) is 0 Å². The monoisotopic (exact) mass is 233 g/mol. The number of hydrogen-bond acceptors (Lipinski definition) is 5. The Kier molecular flexibility index (Phi) is 2.55. The highest BCUT2D eigenvalue weighted by Crippen LogP contribution is 2.22. The van der Waals surface area contributed by atoms with E-state index in [0.29, 0.717) is 6.61 Å². The Hall–Kier alpha value is -1.49. The fourth-order valence-electron chi connectivity index (χ4n) is 2.51. The topological polar surface area (TPSA) is 55.3 Å². The van der Waals surface area contributed by atoms with E-state index in [1.165, 1.54) is 5.56 Å². The molecule has 5 heteroatoms. The van der Waals surface area contributed by atoms with E-state index in [1.54, 1.807) is 0 Å². The molecule has 0 radical (unpaired) electrons. The summed E-state index contributed by atoms with van der Waals surface area (Å²) in [6.45, 7) is 4.07. The zero-order valence-corrected chi connectivity index (χ0v) is 9.85. The summed E-state index contributed by atoms with van der Waals surface area (Å²) >= 11 is 0. The molecule has 90 valence electrons. The summed E-state index contributed by atoms with van der Waals surface area (Å²) in [5.74, 6) is 0.707. The van der Waals surface area contributed by atoms with Crippen molar-refractivity contribution in [2.45, 2.75) is 32.4 Å². The number of hydrogen-bond donors (Lipinski definition) is 0. The predicted octanol–water partition coefficient (Wildman–Crippen LogP) is 0.459. The van der Waals surface area contributed by atoms with E-state index in [2.05, 4.69) is 14.9 Å². The molecule has 1 aromatic heterocycles. The van der Waals surface area contributed by atoms with Crippen molar-refractivity contribution >= 4 is 5.97 Å². The average molecular weight is 233 g/mol. The number of aryl methyl sites for hydroxylation is 1. The summed E-state index contributed by atoms with van der Waals surface area (Å²) < 4.78 is 5.02. The second-order valence-electron chi connectivity index (χ2n) is 4.58. The molecule has 0 N–H and O–H groups in total. The van der Waals surface area contributed by atoms with Gasteiger partial charge in [0.05, 0.1) is 12.3 Å². The Bertz CT molecular complexity index is 461. The van der Waals surface area contributed by atoms with E-state index >= 15 is 0 Å². The zero-order valence-electron chi connectivity index (χ0n) is 9.85. The molecule has 0 bridgehead atoms. The Morgan fingerprint density at radius 1 is 1.53 bits per heavy atom. The van der Waals surface area contributed by atoms with Crippen LogP contribution in [0, 0.1) is 6.92 Å². The van der Waals surface area contributed by atoms with Crippen LogP contribution in [0.5, 0.6) is 0 Å². The molecule has 17 heavy (non-hydrogen) atoms. The Morgan fingerprint density at radius 2 is 2.41 bits per heavy atom. The van der Waals surface area contributed by atoms with E-state index in [1.807, 2.05) is 13.1 Å². The van der Waals surface area contributed by atoms with Gasteiger partial charge in [-0.15, -0.1) is 0 Å². The van der Waals surface area contributed by atoms with Crippen molar-refractivity contribution in [3.63, 3.8) is 0 Å². The maximum atomic E-state index is 11.6. The number of ether oxygens (including phenoxy) is 1. The van der Waals surface area contributed by atoms with Crippen LogP contribution in [-0.4, -0.2) is 40.0 Å². The van der Waals surface area contributed by atoms with Gasteiger partial charge in [-0.2, -0.15) is 0 Å². The summed E-state index contributed by atoms with van der Waals surface area (Å²) in [5.41, 5.74) is 2.27. The van der Waals surface area contributed by atoms with Gasteiger partial charge >= 0.3 is 5.97 Å². The minimum absolute atomic E-state index is 0.0709. The lowest BCUT2D eigenvalue weighted by Gasteiger charge is -2.30. The number of aromatic nitrogens is 2. The lowest BCUT2D eigenvalue weighted by molar-refractivity contribution is -0.142. The Morgan fingerprint density at radius 3 is 3.18 bits per heavy atom. The normalized spacial score (nSPS) is 24.5. The fourth-order valence-corrected chi connectivity index (χ4v) is 2.51. The van der Waals surface area contributed by atoms with Crippen molar-refractivity contribution in [1.82, 2.24) is 14.9 Å². The molecule has 0 amide bonds. The molecule has 3 heterocycles. The van der Waals surface area contributed by atoms with Crippen molar-refractivity contribution in [3.05, 3.63) is 23.3 Å². The molecule has 1 fully saturated rings. The maximum Gasteiger partial charge on any atom is 0.323 e. The number of cyclic esters (lactones) is 1. The number of carbonyl (C=O) groups is 1. The molecule has 1 saturated heterocycles. The van der Waals surface area contributed by atoms with Crippen LogP contribution in [0.2, 0.25) is 0 Å². The molecule has 0 spiro atoms. The zero-order chi connectivity index (χ0) is 11.8. The maximum absolute atomic E-state index is 11.6. The first-order valence-electron chi connectivity index (χ1n) is 5.96. The second kappa shape index (κ2) is 4.07. The molecule has 3 rings (SSSR count). The predicted molar refractivity (Wildman–Crippen MR) is 60.2 cm³/mol. The van der Waals surface area contributed by atoms with E-state index < -0.39 is 0 Å². The second-order valence-corrected chi connectivity index (χ2v) is 4.58. The molecule has 0 saturated carbocycles. The SMILES string of the molecule is Cc1ncc2c(n1)CN(C1CCOC1=O)CC2. The van der Waals surface area contributed by atoms with Gasteiger partial charge in [0, 0.05) is 25.7 Å². The fraction of sp³-hybridized carbons (Fsp3) is 0.583. The third-order valence-corrected chi connectivity index (χ3v) is 3.44. The summed E-state index contributed by atoms with van der Waals surface area (Å²) in [4.78, 5) is 22.4. The highest BCUT2D eigenvalue weighted by atomic mass is 16.5. The lowest BCUT2D eigenvalue weighted by atomic mass is 10.0. The highest BCUT2D eigenvalue weighted by molar-refractivity contribution is 5.77. The summed E-state index contributed by atoms with van der Waals surface area (Å²) in [7, 11) is 0. The van der Waals surface area contributed by atoms with Crippen molar-refractivity contribution in [2.75, 3.05) is 13.2 Å². The molecular formula is C12H15N3O2. The number of rotatable bonds is 1. The van der Waals surface area contributed by atoms with Gasteiger partial charge in [-0.05, 0) is 18.9 Å². The molecular weight excluding hydrogens is 218 g/mol. The average Bonchev–Trinajstić information content (AvgIpc) is 2.74. The Balaban J connectivity index is 1.82. The van der Waals surface area contributed by atoms with Gasteiger partial charge in [-0.3, -0.25) is 9.69 Å². The van der Waals surface area contributed by atoms with Gasteiger partial charge in [-0.1, -0.05) is 0 Å². The third kappa shape index (κ3) is 1.91. The van der Waals surface area contributed by atoms with Crippen LogP contribution in [0.25, 0.3) is 0 Å². The van der Waals surface area contributed by atoms with Gasteiger partial charge in [0.1, 0.15) is 11.9 Å². The Labute approximate surface area is 99.8 Å². The molecule has 1 unspecified atom stereocenters. The van der Waals surface area contributed by atoms with E-state index in [0.717, 1.165) is 37.4 Å². The largest absolute Gasteiger partial charge is 0.464 e. The number of nitrogens with zero attached hydrogens (tertiary/aromatic N) is 3. The van der Waals surface area contributed by atoms with E-state index in [4.69, 9.17) is 4.74 Å². The molecule has 2 aliphatic heterocycles. The smallest absolute Gasteiger partial charge is 0.323 e. The number of carbonyl (C=O) groups excluding carboxylic acids is 1. The molecule has 0 aliphatic carbocycles. The molecule has 1 atom stereocenters. The summed E-state index contributed by atoms with van der Waals surface area (Å²) in [6, 6.07) is -0.0709. The van der Waals surface area contributed by atoms with Crippen molar-refractivity contribution in [3.8, 4) is 0 Å². The highest BCUT2D eigenvalue weighted by Gasteiger charge is 2.34. The summed E-state index contributed by atoms with van der Waals surface area (Å²) in [6.07, 6.45) is 3.62. The first-order valence-corrected chi connectivity index (χ1v) is 5.96. The van der Waals surface area contributed by atoms with Gasteiger partial charge in [0.25, 0.3) is 0 Å². The molecule has 1 aromatic rings. The lowest BCUT2D eigenvalue weighted by Crippen LogP contribution is -2.42.